The molecule has 1 N–H and O–H groups in total. The van der Waals surface area contributed by atoms with E-state index in [1.807, 2.05) is 29.2 Å². The molecular weight excluding hydrogens is 286 g/mol. The zero-order valence-electron chi connectivity index (χ0n) is 12.6. The molecule has 0 bridgehead atoms. The van der Waals surface area contributed by atoms with Crippen LogP contribution in [0.5, 0.6) is 5.75 Å². The summed E-state index contributed by atoms with van der Waals surface area (Å²) in [7, 11) is 1.60. The maximum absolute atomic E-state index is 13.8. The number of rotatable bonds is 4. The summed E-state index contributed by atoms with van der Waals surface area (Å²) in [6.07, 6.45) is -2.42. The van der Waals surface area contributed by atoms with E-state index in [4.69, 9.17) is 4.74 Å². The number of nitrogens with zero attached hydrogens (tertiary/aromatic N) is 1. The molecule has 1 saturated heterocycles. The lowest BCUT2D eigenvalue weighted by Gasteiger charge is -2.35. The number of nitrogens with one attached hydrogen (secondary N) is 1. The quantitative estimate of drug-likeness (QED) is 0.939. The predicted molar refractivity (Wildman–Crippen MR) is 83.7 cm³/mol. The highest BCUT2D eigenvalue weighted by Gasteiger charge is 2.31. The van der Waals surface area contributed by atoms with Crippen LogP contribution in [0.1, 0.15) is 11.6 Å². The molecule has 5 heteroatoms. The van der Waals surface area contributed by atoms with Gasteiger partial charge in [0.2, 0.25) is 0 Å². The van der Waals surface area contributed by atoms with E-state index >= 15 is 0 Å². The van der Waals surface area contributed by atoms with Crippen LogP contribution >= 0.6 is 0 Å². The predicted octanol–water partition coefficient (Wildman–Crippen LogP) is 3.06. The minimum absolute atomic E-state index is 0.634. The van der Waals surface area contributed by atoms with Gasteiger partial charge in [-0.05, 0) is 17.0 Å². The van der Waals surface area contributed by atoms with Crippen molar-refractivity contribution in [3.05, 3.63) is 42.0 Å². The summed E-state index contributed by atoms with van der Waals surface area (Å²) in [6, 6.07) is 10.3. The van der Waals surface area contributed by atoms with E-state index in [2.05, 4.69) is 5.32 Å². The lowest BCUT2D eigenvalue weighted by Crippen LogP contribution is -2.46. The number of piperazine rings is 1. The Morgan fingerprint density at radius 3 is 2.36 bits per heavy atom. The molecule has 118 valence electrons. The van der Waals surface area contributed by atoms with Crippen LogP contribution in [-0.2, 0) is 0 Å². The molecule has 1 atom stereocenters. The van der Waals surface area contributed by atoms with E-state index < -0.39 is 12.5 Å². The Morgan fingerprint density at radius 2 is 1.73 bits per heavy atom. The van der Waals surface area contributed by atoms with Crippen molar-refractivity contribution < 1.29 is 13.5 Å². The van der Waals surface area contributed by atoms with Crippen molar-refractivity contribution >= 4 is 10.8 Å². The van der Waals surface area contributed by atoms with Gasteiger partial charge in [0.1, 0.15) is 5.75 Å². The molecule has 0 saturated carbocycles. The summed E-state index contributed by atoms with van der Waals surface area (Å²) >= 11 is 0. The number of fused-ring (bicyclic) bond motifs is 1. The normalized spacial score (nSPS) is 17.8. The van der Waals surface area contributed by atoms with Crippen LogP contribution in [0.3, 0.4) is 0 Å². The SMILES string of the molecule is COc1ccc([C@@H](C(F)F)N2CCNCC2)c2ccccc12. The van der Waals surface area contributed by atoms with Gasteiger partial charge < -0.3 is 10.1 Å². The third-order valence-electron chi connectivity index (χ3n) is 4.24. The third-order valence-corrected chi connectivity index (χ3v) is 4.24. The molecule has 1 aliphatic rings. The van der Waals surface area contributed by atoms with Gasteiger partial charge in [0.15, 0.2) is 0 Å². The first-order chi connectivity index (χ1) is 10.7. The Kier molecular flexibility index (Phi) is 4.55. The van der Waals surface area contributed by atoms with Gasteiger partial charge in [-0.15, -0.1) is 0 Å². The lowest BCUT2D eigenvalue weighted by molar-refractivity contribution is 0.0189. The molecule has 3 rings (SSSR count). The topological polar surface area (TPSA) is 24.5 Å². The van der Waals surface area contributed by atoms with Crippen molar-refractivity contribution in [2.45, 2.75) is 12.5 Å². The Bertz CT molecular complexity index is 642. The highest BCUT2D eigenvalue weighted by Crippen LogP contribution is 2.36. The van der Waals surface area contributed by atoms with Gasteiger partial charge >= 0.3 is 0 Å². The second kappa shape index (κ2) is 6.58. The van der Waals surface area contributed by atoms with E-state index in [9.17, 15) is 8.78 Å². The molecule has 0 aliphatic carbocycles. The fraction of sp³-hybridized carbons (Fsp3) is 0.412. The summed E-state index contributed by atoms with van der Waals surface area (Å²) in [6.45, 7) is 2.76. The molecule has 2 aromatic carbocycles. The maximum atomic E-state index is 13.8. The van der Waals surface area contributed by atoms with Crippen LogP contribution in [0.15, 0.2) is 36.4 Å². The molecule has 0 amide bonds. The van der Waals surface area contributed by atoms with Crippen molar-refractivity contribution in [3.63, 3.8) is 0 Å². The molecule has 0 aromatic heterocycles. The Hall–Kier alpha value is -1.72. The van der Waals surface area contributed by atoms with Crippen molar-refractivity contribution in [3.8, 4) is 5.75 Å². The second-order valence-electron chi connectivity index (χ2n) is 5.47. The average Bonchev–Trinajstić information content (AvgIpc) is 2.56. The van der Waals surface area contributed by atoms with E-state index in [0.717, 1.165) is 23.9 Å². The van der Waals surface area contributed by atoms with Gasteiger partial charge in [-0.1, -0.05) is 30.3 Å². The monoisotopic (exact) mass is 306 g/mol. The molecular formula is C17H20F2N2O. The van der Waals surface area contributed by atoms with E-state index in [0.29, 0.717) is 24.4 Å². The Labute approximate surface area is 128 Å². The van der Waals surface area contributed by atoms with Gasteiger partial charge in [0.25, 0.3) is 6.43 Å². The number of benzene rings is 2. The highest BCUT2D eigenvalue weighted by molar-refractivity contribution is 5.91. The number of methoxy groups -OCH3 is 1. The summed E-state index contributed by atoms with van der Waals surface area (Å²) in [5.41, 5.74) is 0.674. The molecule has 1 aliphatic heterocycles. The maximum Gasteiger partial charge on any atom is 0.258 e. The highest BCUT2D eigenvalue weighted by atomic mass is 19.3. The van der Waals surface area contributed by atoms with Crippen LogP contribution in [0.2, 0.25) is 0 Å². The van der Waals surface area contributed by atoms with E-state index in [-0.39, 0.29) is 0 Å². The molecule has 2 aromatic rings. The first-order valence-corrected chi connectivity index (χ1v) is 7.51. The first kappa shape index (κ1) is 15.2. The van der Waals surface area contributed by atoms with Crippen LogP contribution in [0, 0.1) is 0 Å². The molecule has 3 nitrogen and oxygen atoms in total. The van der Waals surface area contributed by atoms with Crippen LogP contribution < -0.4 is 10.1 Å². The number of hydrogen-bond donors (Lipinski definition) is 1. The summed E-state index contributed by atoms with van der Waals surface area (Å²) in [5.74, 6) is 0.715. The lowest BCUT2D eigenvalue weighted by atomic mass is 9.96. The van der Waals surface area contributed by atoms with E-state index in [1.54, 1.807) is 19.2 Å². The van der Waals surface area contributed by atoms with Crippen molar-refractivity contribution in [2.75, 3.05) is 33.3 Å². The van der Waals surface area contributed by atoms with Crippen molar-refractivity contribution in [2.24, 2.45) is 0 Å². The minimum atomic E-state index is -2.42. The zero-order valence-corrected chi connectivity index (χ0v) is 12.6. The fourth-order valence-electron chi connectivity index (χ4n) is 3.18. The van der Waals surface area contributed by atoms with Gasteiger partial charge in [-0.25, -0.2) is 8.78 Å². The van der Waals surface area contributed by atoms with Gasteiger partial charge in [-0.2, -0.15) is 0 Å². The molecule has 0 unspecified atom stereocenters. The van der Waals surface area contributed by atoms with Gasteiger partial charge in [0, 0.05) is 31.6 Å². The minimum Gasteiger partial charge on any atom is -0.496 e. The standard InChI is InChI=1S/C17H20F2N2O/c1-22-15-7-6-14(12-4-2-3-5-13(12)15)16(17(18)19)21-10-8-20-9-11-21/h2-7,16-17,20H,8-11H2,1H3/t16-/m0/s1. The van der Waals surface area contributed by atoms with E-state index in [1.165, 1.54) is 0 Å². The van der Waals surface area contributed by atoms with Crippen molar-refractivity contribution in [1.82, 2.24) is 10.2 Å². The largest absolute Gasteiger partial charge is 0.496 e. The average molecular weight is 306 g/mol. The molecule has 22 heavy (non-hydrogen) atoms. The molecule has 1 fully saturated rings. The van der Waals surface area contributed by atoms with Crippen molar-refractivity contribution in [1.29, 1.82) is 0 Å². The number of halogens is 2. The van der Waals surface area contributed by atoms with Crippen LogP contribution in [-0.4, -0.2) is 44.6 Å². The van der Waals surface area contributed by atoms with Gasteiger partial charge in [-0.3, -0.25) is 4.90 Å². The number of ether oxygens (including phenoxy) is 1. The number of hydrogen-bond acceptors (Lipinski definition) is 3. The number of alkyl halides is 2. The Morgan fingerprint density at radius 1 is 1.05 bits per heavy atom. The summed E-state index contributed by atoms with van der Waals surface area (Å²) in [4.78, 5) is 1.87. The summed E-state index contributed by atoms with van der Waals surface area (Å²) in [5, 5.41) is 4.93. The smallest absolute Gasteiger partial charge is 0.258 e. The fourth-order valence-corrected chi connectivity index (χ4v) is 3.18. The molecule has 0 spiro atoms. The summed E-state index contributed by atoms with van der Waals surface area (Å²) < 4.78 is 32.9. The zero-order chi connectivity index (χ0) is 15.5. The van der Waals surface area contributed by atoms with Crippen LogP contribution in [0.25, 0.3) is 10.8 Å². The molecule has 1 heterocycles. The Balaban J connectivity index is 2.09. The molecule has 0 radical (unpaired) electrons. The van der Waals surface area contributed by atoms with Crippen LogP contribution in [0.4, 0.5) is 8.78 Å². The van der Waals surface area contributed by atoms with Gasteiger partial charge in [0.05, 0.1) is 13.2 Å². The first-order valence-electron chi connectivity index (χ1n) is 7.51. The second-order valence-corrected chi connectivity index (χ2v) is 5.47. The third kappa shape index (κ3) is 2.78.